The summed E-state index contributed by atoms with van der Waals surface area (Å²) >= 11 is 5.48. The smallest absolute Gasteiger partial charge is 0.179 e. The van der Waals surface area contributed by atoms with Gasteiger partial charge >= 0.3 is 0 Å². The second-order valence-corrected chi connectivity index (χ2v) is 6.17. The molecule has 1 fully saturated rings. The van der Waals surface area contributed by atoms with Crippen LogP contribution in [0.3, 0.4) is 0 Å². The monoisotopic (exact) mass is 264 g/mol. The maximum atomic E-state index is 5.48. The first-order chi connectivity index (χ1) is 8.54. The van der Waals surface area contributed by atoms with E-state index in [1.54, 1.807) is 0 Å². The Bertz CT molecular complexity index is 642. The third-order valence-electron chi connectivity index (χ3n) is 4.23. The molecule has 0 radical (unpaired) electrons. The van der Waals surface area contributed by atoms with Crippen molar-refractivity contribution in [2.45, 2.75) is 53.1 Å². The number of imidazole rings is 1. The Hall–Kier alpha value is -1.10. The van der Waals surface area contributed by atoms with E-state index in [9.17, 15) is 0 Å². The maximum Gasteiger partial charge on any atom is 0.179 e. The Balaban J connectivity index is 2.15. The van der Waals surface area contributed by atoms with Crippen LogP contribution in [0.15, 0.2) is 0 Å². The van der Waals surface area contributed by atoms with Gasteiger partial charge in [0.25, 0.3) is 0 Å². The number of hydrogen-bond acceptors (Lipinski definition) is 2. The van der Waals surface area contributed by atoms with Crippen molar-refractivity contribution in [2.75, 3.05) is 0 Å². The van der Waals surface area contributed by atoms with Gasteiger partial charge in [-0.2, -0.15) is 5.10 Å². The average Bonchev–Trinajstić information content (AvgIpc) is 2.77. The van der Waals surface area contributed by atoms with Crippen LogP contribution >= 0.6 is 12.2 Å². The van der Waals surface area contributed by atoms with Gasteiger partial charge in [0, 0.05) is 13.1 Å². The molecule has 0 unspecified atom stereocenters. The Morgan fingerprint density at radius 3 is 2.72 bits per heavy atom. The van der Waals surface area contributed by atoms with Crippen LogP contribution in [0, 0.1) is 17.1 Å². The van der Waals surface area contributed by atoms with Crippen molar-refractivity contribution < 1.29 is 0 Å². The molecule has 0 atom stereocenters. The van der Waals surface area contributed by atoms with Crippen LogP contribution in [0.25, 0.3) is 11.2 Å². The average molecular weight is 264 g/mol. The Labute approximate surface area is 112 Å². The normalized spacial score (nSPS) is 18.2. The summed E-state index contributed by atoms with van der Waals surface area (Å²) < 4.78 is 5.13. The number of hydrogen-bond donors (Lipinski definition) is 1. The van der Waals surface area contributed by atoms with Gasteiger partial charge in [0.05, 0.1) is 5.69 Å². The van der Waals surface area contributed by atoms with Crippen molar-refractivity contribution in [3.63, 3.8) is 0 Å². The quantitative estimate of drug-likeness (QED) is 0.863. The minimum Gasteiger partial charge on any atom is -0.328 e. The molecule has 0 amide bonds. The van der Waals surface area contributed by atoms with Gasteiger partial charge < -0.3 is 9.55 Å². The highest BCUT2D eigenvalue weighted by Gasteiger charge is 2.33. The minimum atomic E-state index is 0.421. The largest absolute Gasteiger partial charge is 0.328 e. The molecule has 18 heavy (non-hydrogen) atoms. The molecule has 2 aromatic heterocycles. The number of H-pyrrole nitrogens is 1. The van der Waals surface area contributed by atoms with Crippen LogP contribution in [0.5, 0.6) is 0 Å². The summed E-state index contributed by atoms with van der Waals surface area (Å²) in [5.41, 5.74) is 3.72. The number of nitrogens with one attached hydrogen (secondary N) is 1. The van der Waals surface area contributed by atoms with Crippen molar-refractivity contribution >= 4 is 23.4 Å². The van der Waals surface area contributed by atoms with Gasteiger partial charge in [-0.15, -0.1) is 0 Å². The summed E-state index contributed by atoms with van der Waals surface area (Å²) in [5, 5.41) is 4.56. The third kappa shape index (κ3) is 1.64. The molecule has 5 heteroatoms. The number of aromatic amines is 1. The molecular weight excluding hydrogens is 244 g/mol. The van der Waals surface area contributed by atoms with Crippen molar-refractivity contribution in [2.24, 2.45) is 5.41 Å². The molecule has 0 bridgehead atoms. The van der Waals surface area contributed by atoms with Crippen molar-refractivity contribution in [3.05, 3.63) is 10.5 Å². The molecule has 1 aliphatic rings. The fourth-order valence-corrected chi connectivity index (χ4v) is 3.20. The predicted octanol–water partition coefficient (Wildman–Crippen LogP) is 3.41. The summed E-state index contributed by atoms with van der Waals surface area (Å²) in [7, 11) is 0. The topological polar surface area (TPSA) is 38.5 Å². The van der Waals surface area contributed by atoms with Crippen LogP contribution < -0.4 is 0 Å². The second-order valence-electron chi connectivity index (χ2n) is 5.78. The molecule has 2 aromatic rings. The molecule has 1 N–H and O–H groups in total. The summed E-state index contributed by atoms with van der Waals surface area (Å²) in [4.78, 5) is 3.32. The molecule has 0 saturated heterocycles. The van der Waals surface area contributed by atoms with Gasteiger partial charge in [0.15, 0.2) is 10.4 Å². The molecule has 1 saturated carbocycles. The molecule has 0 aliphatic heterocycles. The van der Waals surface area contributed by atoms with E-state index in [4.69, 9.17) is 12.2 Å². The predicted molar refractivity (Wildman–Crippen MR) is 75.3 cm³/mol. The van der Waals surface area contributed by atoms with Gasteiger partial charge in [0.1, 0.15) is 5.52 Å². The summed E-state index contributed by atoms with van der Waals surface area (Å²) in [6.45, 7) is 8.41. The first-order valence-corrected chi connectivity index (χ1v) is 7.11. The van der Waals surface area contributed by atoms with Crippen LogP contribution in [0.1, 0.15) is 38.8 Å². The van der Waals surface area contributed by atoms with Crippen LogP contribution in [0.2, 0.25) is 0 Å². The molecule has 0 spiro atoms. The molecule has 4 nitrogen and oxygen atoms in total. The molecule has 0 aromatic carbocycles. The first-order valence-electron chi connectivity index (χ1n) is 6.70. The van der Waals surface area contributed by atoms with E-state index < -0.39 is 0 Å². The van der Waals surface area contributed by atoms with Gasteiger partial charge in [0.2, 0.25) is 0 Å². The van der Waals surface area contributed by atoms with Gasteiger partial charge in [-0.25, -0.2) is 4.68 Å². The van der Waals surface area contributed by atoms with Gasteiger partial charge in [-0.05, 0) is 44.3 Å². The zero-order chi connectivity index (χ0) is 12.9. The number of fused-ring (bicyclic) bond motifs is 1. The van der Waals surface area contributed by atoms with Gasteiger partial charge in [-0.3, -0.25) is 0 Å². The van der Waals surface area contributed by atoms with Crippen molar-refractivity contribution in [1.82, 2.24) is 19.3 Å². The lowest BCUT2D eigenvalue weighted by Gasteiger charge is -2.38. The molecule has 3 rings (SSSR count). The fourth-order valence-electron chi connectivity index (χ4n) is 2.95. The zero-order valence-corrected chi connectivity index (χ0v) is 12.1. The molecular formula is C13H20N4S. The molecule has 2 heterocycles. The van der Waals surface area contributed by atoms with Crippen LogP contribution in [-0.2, 0) is 13.1 Å². The molecule has 98 valence electrons. The van der Waals surface area contributed by atoms with E-state index >= 15 is 0 Å². The highest BCUT2D eigenvalue weighted by atomic mass is 32.1. The van der Waals surface area contributed by atoms with E-state index in [-0.39, 0.29) is 0 Å². The van der Waals surface area contributed by atoms with E-state index in [0.29, 0.717) is 5.41 Å². The fraction of sp³-hybridized carbons (Fsp3) is 0.692. The standard InChI is InChI=1S/C13H20N4S/c1-4-17-11-10(9(2)15-17)14-12(18)16(11)8-13(3)6-5-7-13/h4-8H2,1-3H3,(H,14,18). The third-order valence-corrected chi connectivity index (χ3v) is 4.56. The number of aromatic nitrogens is 4. The minimum absolute atomic E-state index is 0.421. The van der Waals surface area contributed by atoms with Crippen LogP contribution in [0.4, 0.5) is 0 Å². The van der Waals surface area contributed by atoms with E-state index in [0.717, 1.165) is 34.7 Å². The Kier molecular flexibility index (Phi) is 2.62. The SMILES string of the molecule is CCn1nc(C)c2[nH]c(=S)n(CC3(C)CCC3)c21. The summed E-state index contributed by atoms with van der Waals surface area (Å²) in [6.07, 6.45) is 3.96. The Morgan fingerprint density at radius 1 is 1.44 bits per heavy atom. The first kappa shape index (κ1) is 12.0. The Morgan fingerprint density at radius 2 is 2.17 bits per heavy atom. The zero-order valence-electron chi connectivity index (χ0n) is 11.3. The second kappa shape index (κ2) is 3.95. The van der Waals surface area contributed by atoms with Crippen LogP contribution in [-0.4, -0.2) is 19.3 Å². The van der Waals surface area contributed by atoms with E-state index in [1.807, 2.05) is 6.92 Å². The lowest BCUT2D eigenvalue weighted by Crippen LogP contribution is -2.31. The highest BCUT2D eigenvalue weighted by molar-refractivity contribution is 7.71. The van der Waals surface area contributed by atoms with Crippen molar-refractivity contribution in [1.29, 1.82) is 0 Å². The lowest BCUT2D eigenvalue weighted by atomic mass is 9.70. The number of nitrogens with zero attached hydrogens (tertiary/aromatic N) is 3. The van der Waals surface area contributed by atoms with E-state index in [1.165, 1.54) is 19.3 Å². The lowest BCUT2D eigenvalue weighted by molar-refractivity contribution is 0.133. The van der Waals surface area contributed by atoms with E-state index in [2.05, 4.69) is 33.2 Å². The number of rotatable bonds is 3. The number of aryl methyl sites for hydroxylation is 2. The maximum absolute atomic E-state index is 5.48. The molecule has 1 aliphatic carbocycles. The van der Waals surface area contributed by atoms with Gasteiger partial charge in [-0.1, -0.05) is 13.3 Å². The summed E-state index contributed by atoms with van der Waals surface area (Å²) in [6, 6.07) is 0. The van der Waals surface area contributed by atoms with Crippen molar-refractivity contribution in [3.8, 4) is 0 Å². The summed E-state index contributed by atoms with van der Waals surface area (Å²) in [5.74, 6) is 0. The highest BCUT2D eigenvalue weighted by Crippen LogP contribution is 2.42.